The number of phenols is 1. The number of hydrogen-bond acceptors (Lipinski definition) is 6. The maximum atomic E-state index is 9.89. The fourth-order valence-electron chi connectivity index (χ4n) is 0.943. The molecule has 0 radical (unpaired) electrons. The second kappa shape index (κ2) is 6.77. The molecule has 1 aromatic rings. The van der Waals surface area contributed by atoms with Gasteiger partial charge in [0.25, 0.3) is 0 Å². The lowest BCUT2D eigenvalue weighted by atomic mass is 9.89. The summed E-state index contributed by atoms with van der Waals surface area (Å²) in [7, 11) is -2.17. The number of aromatic hydroxyl groups is 1. The largest absolute Gasteiger partial charge is 0.631 e. The second-order valence-electron chi connectivity index (χ2n) is 4.99. The molecule has 0 aromatic heterocycles. The number of benzene rings is 1. The highest BCUT2D eigenvalue weighted by Gasteiger charge is 2.37. The molecule has 0 heterocycles. The normalized spacial score (nSPS) is 11.4. The Labute approximate surface area is 113 Å². The Balaban J connectivity index is 0.000000711. The molecule has 0 aliphatic carbocycles. The van der Waals surface area contributed by atoms with E-state index in [1.165, 1.54) is 0 Å². The van der Waals surface area contributed by atoms with Gasteiger partial charge in [-0.15, -0.1) is 0 Å². The van der Waals surface area contributed by atoms with Crippen LogP contribution in [0.3, 0.4) is 0 Å². The van der Waals surface area contributed by atoms with Crippen LogP contribution < -0.4 is 4.74 Å². The van der Waals surface area contributed by atoms with Crippen LogP contribution in [0.4, 0.5) is 0 Å². The Hall–Kier alpha value is -1.28. The van der Waals surface area contributed by atoms with Crippen LogP contribution in [0.2, 0.25) is 0 Å². The maximum Gasteiger partial charge on any atom is 0.631 e. The highest BCUT2D eigenvalue weighted by Crippen LogP contribution is 2.32. The van der Waals surface area contributed by atoms with Crippen LogP contribution in [0.5, 0.6) is 11.5 Å². The van der Waals surface area contributed by atoms with E-state index in [0.717, 1.165) is 0 Å². The van der Waals surface area contributed by atoms with Crippen molar-refractivity contribution in [3.05, 3.63) is 24.3 Å². The van der Waals surface area contributed by atoms with Gasteiger partial charge in [-0.25, -0.2) is 0 Å². The number of ether oxygens (including phenoxy) is 1. The molecular weight excluding hydrogens is 251 g/mol. The second-order valence-corrected chi connectivity index (χ2v) is 4.99. The van der Waals surface area contributed by atoms with Crippen molar-refractivity contribution in [2.45, 2.75) is 38.9 Å². The van der Waals surface area contributed by atoms with Gasteiger partial charge >= 0.3 is 7.32 Å². The van der Waals surface area contributed by atoms with Crippen molar-refractivity contribution in [2.24, 2.45) is 0 Å². The van der Waals surface area contributed by atoms with Gasteiger partial charge in [0.15, 0.2) is 11.5 Å². The molecular formula is C12H21BO6. The first-order valence-electron chi connectivity index (χ1n) is 5.71. The number of rotatable bonds is 3. The zero-order valence-electron chi connectivity index (χ0n) is 11.5. The van der Waals surface area contributed by atoms with Crippen LogP contribution in [0.15, 0.2) is 24.3 Å². The molecule has 5 N–H and O–H groups in total. The van der Waals surface area contributed by atoms with Gasteiger partial charge < -0.3 is 30.0 Å². The third-order valence-electron chi connectivity index (χ3n) is 2.70. The van der Waals surface area contributed by atoms with E-state index in [1.807, 2.05) is 0 Å². The molecule has 108 valence electrons. The van der Waals surface area contributed by atoms with Crippen molar-refractivity contribution in [3.8, 4) is 11.5 Å². The zero-order chi connectivity index (χ0) is 15.3. The standard InChI is InChI=1S/C12H18O3.BH3O3/c1-11(2,14)12(3,4)15-10-8-6-5-7-9(10)13;2-1(3)4/h5-8,13-14H,1-4H3;2-4H. The lowest BCUT2D eigenvalue weighted by Gasteiger charge is -2.37. The van der Waals surface area contributed by atoms with E-state index in [-0.39, 0.29) is 5.75 Å². The van der Waals surface area contributed by atoms with Gasteiger partial charge in [0, 0.05) is 0 Å². The fourth-order valence-corrected chi connectivity index (χ4v) is 0.943. The third kappa shape index (κ3) is 6.44. The molecule has 0 amide bonds. The van der Waals surface area contributed by atoms with Crippen molar-refractivity contribution in [1.82, 2.24) is 0 Å². The molecule has 7 heteroatoms. The number of hydrogen-bond donors (Lipinski definition) is 5. The summed E-state index contributed by atoms with van der Waals surface area (Å²) in [6.07, 6.45) is 0. The smallest absolute Gasteiger partial charge is 0.504 e. The first kappa shape index (κ1) is 17.7. The summed E-state index contributed by atoms with van der Waals surface area (Å²) in [6, 6.07) is 6.72. The van der Waals surface area contributed by atoms with E-state index >= 15 is 0 Å². The molecule has 0 aliphatic heterocycles. The monoisotopic (exact) mass is 272 g/mol. The van der Waals surface area contributed by atoms with Crippen LogP contribution >= 0.6 is 0 Å². The van der Waals surface area contributed by atoms with E-state index in [1.54, 1.807) is 52.0 Å². The quantitative estimate of drug-likeness (QED) is 0.505. The van der Waals surface area contributed by atoms with Gasteiger partial charge in [-0.3, -0.25) is 0 Å². The minimum atomic E-state index is -2.17. The summed E-state index contributed by atoms with van der Waals surface area (Å²) in [5, 5.41) is 40.9. The van der Waals surface area contributed by atoms with E-state index in [0.29, 0.717) is 5.75 Å². The third-order valence-corrected chi connectivity index (χ3v) is 2.70. The molecule has 0 atom stereocenters. The SMILES string of the molecule is CC(C)(O)C(C)(C)Oc1ccccc1O.OB(O)O. The van der Waals surface area contributed by atoms with Crippen molar-refractivity contribution < 1.29 is 30.0 Å². The van der Waals surface area contributed by atoms with Crippen LogP contribution in [-0.4, -0.2) is 43.8 Å². The van der Waals surface area contributed by atoms with E-state index in [2.05, 4.69) is 0 Å². The van der Waals surface area contributed by atoms with Crippen molar-refractivity contribution in [2.75, 3.05) is 0 Å². The average Bonchev–Trinajstić information content (AvgIpc) is 2.18. The highest BCUT2D eigenvalue weighted by atomic mass is 16.5. The molecule has 19 heavy (non-hydrogen) atoms. The molecule has 1 aromatic carbocycles. The van der Waals surface area contributed by atoms with Gasteiger partial charge in [0.1, 0.15) is 5.60 Å². The Morgan fingerprint density at radius 2 is 1.42 bits per heavy atom. The van der Waals surface area contributed by atoms with Crippen LogP contribution in [0.1, 0.15) is 27.7 Å². The lowest BCUT2D eigenvalue weighted by molar-refractivity contribution is -0.0914. The minimum Gasteiger partial charge on any atom is -0.504 e. The topological polar surface area (TPSA) is 110 Å². The van der Waals surface area contributed by atoms with Crippen LogP contribution in [0.25, 0.3) is 0 Å². The molecule has 1 rings (SSSR count). The van der Waals surface area contributed by atoms with Crippen molar-refractivity contribution >= 4 is 7.32 Å². The van der Waals surface area contributed by atoms with Crippen LogP contribution in [0, 0.1) is 0 Å². The first-order valence-corrected chi connectivity index (χ1v) is 5.71. The van der Waals surface area contributed by atoms with Crippen LogP contribution in [-0.2, 0) is 0 Å². The van der Waals surface area contributed by atoms with Crippen molar-refractivity contribution in [3.63, 3.8) is 0 Å². The molecule has 0 saturated heterocycles. The molecule has 0 spiro atoms. The molecule has 0 bridgehead atoms. The number of para-hydroxylation sites is 2. The summed E-state index contributed by atoms with van der Waals surface area (Å²) in [5.41, 5.74) is -1.76. The fraction of sp³-hybridized carbons (Fsp3) is 0.500. The van der Waals surface area contributed by atoms with Gasteiger partial charge in [0.2, 0.25) is 0 Å². The molecule has 0 aliphatic rings. The summed E-state index contributed by atoms with van der Waals surface area (Å²) in [5.74, 6) is 0.458. The van der Waals surface area contributed by atoms with E-state index < -0.39 is 18.5 Å². The molecule has 0 fully saturated rings. The zero-order valence-corrected chi connectivity index (χ0v) is 11.5. The molecule has 6 nitrogen and oxygen atoms in total. The summed E-state index contributed by atoms with van der Waals surface area (Å²) < 4.78 is 5.60. The van der Waals surface area contributed by atoms with E-state index in [9.17, 15) is 10.2 Å². The van der Waals surface area contributed by atoms with Gasteiger partial charge in [-0.1, -0.05) is 12.1 Å². The van der Waals surface area contributed by atoms with Gasteiger partial charge in [-0.05, 0) is 39.8 Å². The van der Waals surface area contributed by atoms with Gasteiger partial charge in [0.05, 0.1) is 5.60 Å². The Morgan fingerprint density at radius 1 is 1.00 bits per heavy atom. The first-order chi connectivity index (χ1) is 8.47. The maximum absolute atomic E-state index is 9.89. The molecule has 0 unspecified atom stereocenters. The average molecular weight is 272 g/mol. The predicted octanol–water partition coefficient (Wildman–Crippen LogP) is 0.269. The predicted molar refractivity (Wildman–Crippen MR) is 71.5 cm³/mol. The van der Waals surface area contributed by atoms with E-state index in [4.69, 9.17) is 19.8 Å². The summed E-state index contributed by atoms with van der Waals surface area (Å²) in [6.45, 7) is 6.90. The Morgan fingerprint density at radius 3 is 1.79 bits per heavy atom. The Bertz CT molecular complexity index is 383. The number of phenolic OH excluding ortho intramolecular Hbond substituents is 1. The van der Waals surface area contributed by atoms with Crippen molar-refractivity contribution in [1.29, 1.82) is 0 Å². The highest BCUT2D eigenvalue weighted by molar-refractivity contribution is 6.30. The summed E-state index contributed by atoms with van der Waals surface area (Å²) >= 11 is 0. The lowest BCUT2D eigenvalue weighted by Crippen LogP contribution is -2.49. The Kier molecular flexibility index (Phi) is 6.31. The number of aliphatic hydroxyl groups is 1. The summed E-state index contributed by atoms with van der Waals surface area (Å²) in [4.78, 5) is 0. The van der Waals surface area contributed by atoms with Gasteiger partial charge in [-0.2, -0.15) is 0 Å². The minimum absolute atomic E-state index is 0.0785. The molecule has 0 saturated carbocycles.